The third-order valence-electron chi connectivity index (χ3n) is 4.32. The molecule has 2 nitrogen and oxygen atoms in total. The van der Waals surface area contributed by atoms with Gasteiger partial charge in [0.1, 0.15) is 0 Å². The summed E-state index contributed by atoms with van der Waals surface area (Å²) in [5.74, 6) is 0.626. The van der Waals surface area contributed by atoms with Crippen molar-refractivity contribution >= 4 is 23.2 Å². The van der Waals surface area contributed by atoms with Crippen LogP contribution in [0.15, 0.2) is 18.2 Å². The lowest BCUT2D eigenvalue weighted by Gasteiger charge is -2.29. The van der Waals surface area contributed by atoms with Gasteiger partial charge in [-0.25, -0.2) is 0 Å². The van der Waals surface area contributed by atoms with Crippen LogP contribution in [0.4, 0.5) is 0 Å². The van der Waals surface area contributed by atoms with Crippen molar-refractivity contribution in [3.05, 3.63) is 33.8 Å². The molecule has 19 heavy (non-hydrogen) atoms. The summed E-state index contributed by atoms with van der Waals surface area (Å²) in [6.07, 6.45) is 3.91. The summed E-state index contributed by atoms with van der Waals surface area (Å²) in [5, 5.41) is 4.95. The Morgan fingerprint density at radius 3 is 2.74 bits per heavy atom. The van der Waals surface area contributed by atoms with E-state index in [9.17, 15) is 0 Å². The van der Waals surface area contributed by atoms with E-state index in [1.54, 1.807) is 0 Å². The van der Waals surface area contributed by atoms with Gasteiger partial charge in [-0.2, -0.15) is 0 Å². The van der Waals surface area contributed by atoms with Gasteiger partial charge in [0.15, 0.2) is 0 Å². The maximum Gasteiger partial charge on any atom is 0.0455 e. The minimum absolute atomic E-state index is 0.422. The molecular formula is C15H20Cl2N2. The molecule has 1 aliphatic heterocycles. The Bertz CT molecular complexity index is 459. The number of nitrogens with one attached hydrogen (secondary N) is 1. The molecule has 2 unspecified atom stereocenters. The van der Waals surface area contributed by atoms with Gasteiger partial charge in [0.05, 0.1) is 0 Å². The minimum atomic E-state index is 0.422. The first-order valence-electron chi connectivity index (χ1n) is 7.06. The fourth-order valence-electron chi connectivity index (χ4n) is 3.35. The number of rotatable bonds is 4. The lowest BCUT2D eigenvalue weighted by atomic mass is 9.93. The molecule has 104 valence electrons. The standard InChI is InChI=1S/C15H20Cl2N2/c1-18-9-10-6-7-19(12-3-4-12)15(10)13-8-11(16)2-5-14(13)17/h2,5,8,10,12,15,18H,3-4,6-7,9H2,1H3. The quantitative estimate of drug-likeness (QED) is 0.911. The maximum atomic E-state index is 6.43. The van der Waals surface area contributed by atoms with Crippen LogP contribution < -0.4 is 5.32 Å². The third-order valence-corrected chi connectivity index (χ3v) is 4.90. The van der Waals surface area contributed by atoms with Gasteiger partial charge in [0, 0.05) is 22.1 Å². The summed E-state index contributed by atoms with van der Waals surface area (Å²) in [5.41, 5.74) is 1.21. The predicted molar refractivity (Wildman–Crippen MR) is 81.0 cm³/mol. The van der Waals surface area contributed by atoms with E-state index in [2.05, 4.69) is 16.3 Å². The fraction of sp³-hybridized carbons (Fsp3) is 0.600. The maximum absolute atomic E-state index is 6.43. The second-order valence-corrected chi connectivity index (χ2v) is 6.53. The Hall–Kier alpha value is -0.280. The second-order valence-electron chi connectivity index (χ2n) is 5.69. The zero-order chi connectivity index (χ0) is 13.4. The van der Waals surface area contributed by atoms with Gasteiger partial charge >= 0.3 is 0 Å². The molecule has 2 atom stereocenters. The molecule has 1 N–H and O–H groups in total. The Balaban J connectivity index is 1.93. The second kappa shape index (κ2) is 5.61. The van der Waals surface area contributed by atoms with Crippen LogP contribution in [-0.2, 0) is 0 Å². The molecule has 1 aliphatic carbocycles. The van der Waals surface area contributed by atoms with Crippen molar-refractivity contribution in [1.29, 1.82) is 0 Å². The van der Waals surface area contributed by atoms with E-state index >= 15 is 0 Å². The molecular weight excluding hydrogens is 279 g/mol. The van der Waals surface area contributed by atoms with Gasteiger partial charge < -0.3 is 5.32 Å². The van der Waals surface area contributed by atoms with E-state index in [0.29, 0.717) is 12.0 Å². The van der Waals surface area contributed by atoms with Crippen LogP contribution in [0.3, 0.4) is 0 Å². The van der Waals surface area contributed by atoms with Crippen LogP contribution in [0.1, 0.15) is 30.9 Å². The van der Waals surface area contributed by atoms with E-state index < -0.39 is 0 Å². The summed E-state index contributed by atoms with van der Waals surface area (Å²) in [6, 6.07) is 7.04. The zero-order valence-corrected chi connectivity index (χ0v) is 12.7. The molecule has 3 rings (SSSR count). The van der Waals surface area contributed by atoms with Gasteiger partial charge in [0.2, 0.25) is 0 Å². The molecule has 1 saturated carbocycles. The molecule has 2 fully saturated rings. The molecule has 0 aromatic heterocycles. The molecule has 1 aromatic rings. The molecule has 0 radical (unpaired) electrons. The third kappa shape index (κ3) is 2.78. The Morgan fingerprint density at radius 1 is 1.26 bits per heavy atom. The summed E-state index contributed by atoms with van der Waals surface area (Å²) >= 11 is 12.6. The number of hydrogen-bond acceptors (Lipinski definition) is 2. The van der Waals surface area contributed by atoms with Gasteiger partial charge in [0.25, 0.3) is 0 Å². The summed E-state index contributed by atoms with van der Waals surface area (Å²) in [4.78, 5) is 2.64. The lowest BCUT2D eigenvalue weighted by Crippen LogP contribution is -2.31. The topological polar surface area (TPSA) is 15.3 Å². The number of likely N-dealkylation sites (tertiary alicyclic amines) is 1. The smallest absolute Gasteiger partial charge is 0.0455 e. The van der Waals surface area contributed by atoms with Crippen molar-refractivity contribution in [3.8, 4) is 0 Å². The largest absolute Gasteiger partial charge is 0.319 e. The summed E-state index contributed by atoms with van der Waals surface area (Å²) in [7, 11) is 2.02. The first kappa shape index (κ1) is 13.7. The van der Waals surface area contributed by atoms with E-state index in [1.807, 2.05) is 19.2 Å². The van der Waals surface area contributed by atoms with Crippen molar-refractivity contribution < 1.29 is 0 Å². The van der Waals surface area contributed by atoms with Crippen molar-refractivity contribution in [3.63, 3.8) is 0 Å². The van der Waals surface area contributed by atoms with E-state index in [-0.39, 0.29) is 0 Å². The van der Waals surface area contributed by atoms with Crippen molar-refractivity contribution in [2.75, 3.05) is 20.1 Å². The Labute approximate surface area is 125 Å². The normalized spacial score (nSPS) is 27.9. The fourth-order valence-corrected chi connectivity index (χ4v) is 3.76. The summed E-state index contributed by atoms with van der Waals surface area (Å²) < 4.78 is 0. The number of hydrogen-bond donors (Lipinski definition) is 1. The highest BCUT2D eigenvalue weighted by molar-refractivity contribution is 6.33. The van der Waals surface area contributed by atoms with Gasteiger partial charge in [-0.05, 0) is 69.1 Å². The van der Waals surface area contributed by atoms with Crippen LogP contribution in [0.2, 0.25) is 10.0 Å². The SMILES string of the molecule is CNCC1CCN(C2CC2)C1c1cc(Cl)ccc1Cl. The molecule has 0 bridgehead atoms. The number of halogens is 2. The van der Waals surface area contributed by atoms with Crippen LogP contribution >= 0.6 is 23.2 Å². The minimum Gasteiger partial charge on any atom is -0.319 e. The van der Waals surface area contributed by atoms with Crippen LogP contribution in [-0.4, -0.2) is 31.1 Å². The van der Waals surface area contributed by atoms with Gasteiger partial charge in [-0.15, -0.1) is 0 Å². The van der Waals surface area contributed by atoms with E-state index in [0.717, 1.165) is 22.6 Å². The van der Waals surface area contributed by atoms with Crippen LogP contribution in [0.5, 0.6) is 0 Å². The molecule has 0 amide bonds. The van der Waals surface area contributed by atoms with Crippen molar-refractivity contribution in [1.82, 2.24) is 10.2 Å². The molecule has 1 saturated heterocycles. The van der Waals surface area contributed by atoms with Gasteiger partial charge in [-0.3, -0.25) is 4.90 Å². The lowest BCUT2D eigenvalue weighted by molar-refractivity contribution is 0.217. The van der Waals surface area contributed by atoms with Crippen molar-refractivity contribution in [2.24, 2.45) is 5.92 Å². The van der Waals surface area contributed by atoms with Gasteiger partial charge in [-0.1, -0.05) is 23.2 Å². The predicted octanol–water partition coefficient (Wildman–Crippen LogP) is 3.74. The van der Waals surface area contributed by atoms with E-state index in [4.69, 9.17) is 23.2 Å². The molecule has 0 spiro atoms. The molecule has 4 heteroatoms. The Morgan fingerprint density at radius 2 is 2.05 bits per heavy atom. The first-order chi connectivity index (χ1) is 9.20. The first-order valence-corrected chi connectivity index (χ1v) is 7.81. The molecule has 1 heterocycles. The number of nitrogens with zero attached hydrogens (tertiary/aromatic N) is 1. The highest BCUT2D eigenvalue weighted by Gasteiger charge is 2.42. The average molecular weight is 299 g/mol. The highest BCUT2D eigenvalue weighted by atomic mass is 35.5. The zero-order valence-electron chi connectivity index (χ0n) is 11.2. The molecule has 1 aromatic carbocycles. The summed E-state index contributed by atoms with van der Waals surface area (Å²) in [6.45, 7) is 2.22. The van der Waals surface area contributed by atoms with Crippen LogP contribution in [0.25, 0.3) is 0 Å². The average Bonchev–Trinajstić information content (AvgIpc) is 3.15. The Kier molecular flexibility index (Phi) is 4.04. The number of benzene rings is 1. The monoisotopic (exact) mass is 298 g/mol. The highest BCUT2D eigenvalue weighted by Crippen LogP contribution is 2.46. The van der Waals surface area contributed by atoms with E-state index in [1.165, 1.54) is 31.4 Å². The van der Waals surface area contributed by atoms with Crippen LogP contribution in [0, 0.1) is 5.92 Å². The van der Waals surface area contributed by atoms with Crippen molar-refractivity contribution in [2.45, 2.75) is 31.3 Å². The molecule has 2 aliphatic rings.